The molecular weight excluding hydrogens is 306 g/mol. The first-order chi connectivity index (χ1) is 11.6. The molecule has 0 spiro atoms. The fraction of sp³-hybridized carbons (Fsp3) is 0.158. The molecule has 1 N–H and O–H groups in total. The van der Waals surface area contributed by atoms with Crippen LogP contribution in [-0.2, 0) is 9.53 Å². The van der Waals surface area contributed by atoms with Crippen LogP contribution in [0.15, 0.2) is 65.1 Å². The molecule has 3 rings (SSSR count). The minimum atomic E-state index is -0.526. The number of hydrogen-bond donors (Lipinski definition) is 1. The molecular formula is C19H17NO4. The number of amides is 1. The van der Waals surface area contributed by atoms with Crippen LogP contribution in [0.5, 0.6) is 0 Å². The molecule has 0 unspecified atom stereocenters. The maximum absolute atomic E-state index is 11.9. The van der Waals surface area contributed by atoms with Gasteiger partial charge in [0.15, 0.2) is 6.61 Å². The predicted octanol–water partition coefficient (Wildman–Crippen LogP) is 3.47. The highest BCUT2D eigenvalue weighted by Gasteiger charge is 2.15. The van der Waals surface area contributed by atoms with E-state index < -0.39 is 5.97 Å². The van der Waals surface area contributed by atoms with E-state index in [9.17, 15) is 9.59 Å². The molecule has 1 amide bonds. The average molecular weight is 323 g/mol. The van der Waals surface area contributed by atoms with Crippen molar-refractivity contribution < 1.29 is 18.7 Å². The van der Waals surface area contributed by atoms with E-state index in [1.165, 1.54) is 0 Å². The van der Waals surface area contributed by atoms with Crippen molar-refractivity contribution in [2.75, 3.05) is 6.61 Å². The number of nitrogens with one attached hydrogen (secondary N) is 1. The van der Waals surface area contributed by atoms with E-state index in [4.69, 9.17) is 9.15 Å². The van der Waals surface area contributed by atoms with E-state index in [1.807, 2.05) is 37.3 Å². The Morgan fingerprint density at radius 2 is 1.79 bits per heavy atom. The second-order valence-corrected chi connectivity index (χ2v) is 5.42. The van der Waals surface area contributed by atoms with Crippen LogP contribution in [-0.4, -0.2) is 18.5 Å². The molecule has 1 aromatic heterocycles. The van der Waals surface area contributed by atoms with Gasteiger partial charge in [0, 0.05) is 5.39 Å². The van der Waals surface area contributed by atoms with Gasteiger partial charge in [-0.15, -0.1) is 0 Å². The van der Waals surface area contributed by atoms with Gasteiger partial charge < -0.3 is 14.5 Å². The number of para-hydroxylation sites is 1. The van der Waals surface area contributed by atoms with E-state index in [0.29, 0.717) is 11.3 Å². The van der Waals surface area contributed by atoms with Gasteiger partial charge in [-0.25, -0.2) is 4.79 Å². The highest BCUT2D eigenvalue weighted by Crippen LogP contribution is 2.23. The van der Waals surface area contributed by atoms with Crippen LogP contribution < -0.4 is 5.32 Å². The van der Waals surface area contributed by atoms with Gasteiger partial charge >= 0.3 is 5.97 Å². The first kappa shape index (κ1) is 15.8. The van der Waals surface area contributed by atoms with Crippen molar-refractivity contribution >= 4 is 22.8 Å². The Labute approximate surface area is 139 Å². The third-order valence-corrected chi connectivity index (χ3v) is 3.59. The van der Waals surface area contributed by atoms with Crippen LogP contribution in [0.1, 0.15) is 29.1 Å². The summed E-state index contributed by atoms with van der Waals surface area (Å²) >= 11 is 0. The SMILES string of the molecule is C[C@H](NC(=O)COC(=O)c1ccccc1)c1cc2ccccc2o1. The van der Waals surface area contributed by atoms with Gasteiger partial charge in [-0.3, -0.25) is 4.79 Å². The standard InChI is InChI=1S/C19H17NO4/c1-13(17-11-15-9-5-6-10-16(15)24-17)20-18(21)12-23-19(22)14-7-3-2-4-8-14/h2-11,13H,12H2,1H3,(H,20,21)/t13-/m0/s1. The van der Waals surface area contributed by atoms with Crippen molar-refractivity contribution in [1.29, 1.82) is 0 Å². The first-order valence-electron chi connectivity index (χ1n) is 7.63. The molecule has 0 fully saturated rings. The van der Waals surface area contributed by atoms with E-state index in [-0.39, 0.29) is 18.6 Å². The Hall–Kier alpha value is -3.08. The number of fused-ring (bicyclic) bond motifs is 1. The Bertz CT molecular complexity index is 821. The van der Waals surface area contributed by atoms with Gasteiger partial charge in [-0.05, 0) is 31.2 Å². The molecule has 122 valence electrons. The van der Waals surface area contributed by atoms with Crippen LogP contribution in [0.4, 0.5) is 0 Å². The molecule has 0 saturated carbocycles. The smallest absolute Gasteiger partial charge is 0.338 e. The quantitative estimate of drug-likeness (QED) is 0.730. The monoisotopic (exact) mass is 323 g/mol. The van der Waals surface area contributed by atoms with E-state index in [1.54, 1.807) is 30.3 Å². The number of rotatable bonds is 5. The van der Waals surface area contributed by atoms with Gasteiger partial charge in [0.25, 0.3) is 5.91 Å². The Morgan fingerprint density at radius 1 is 1.08 bits per heavy atom. The van der Waals surface area contributed by atoms with Crippen molar-refractivity contribution in [2.24, 2.45) is 0 Å². The largest absolute Gasteiger partial charge is 0.459 e. The maximum atomic E-state index is 11.9. The zero-order valence-corrected chi connectivity index (χ0v) is 13.2. The highest BCUT2D eigenvalue weighted by atomic mass is 16.5. The summed E-state index contributed by atoms with van der Waals surface area (Å²) in [7, 11) is 0. The molecule has 1 atom stereocenters. The average Bonchev–Trinajstić information content (AvgIpc) is 3.05. The fourth-order valence-corrected chi connectivity index (χ4v) is 2.36. The van der Waals surface area contributed by atoms with Crippen molar-refractivity contribution in [3.8, 4) is 0 Å². The lowest BCUT2D eigenvalue weighted by Crippen LogP contribution is -2.30. The third-order valence-electron chi connectivity index (χ3n) is 3.59. The lowest BCUT2D eigenvalue weighted by Gasteiger charge is -2.11. The lowest BCUT2D eigenvalue weighted by molar-refractivity contribution is -0.125. The van der Waals surface area contributed by atoms with Crippen LogP contribution in [0.2, 0.25) is 0 Å². The minimum absolute atomic E-state index is 0.319. The van der Waals surface area contributed by atoms with Crippen LogP contribution in [0, 0.1) is 0 Å². The molecule has 5 heteroatoms. The lowest BCUT2D eigenvalue weighted by atomic mass is 10.2. The second kappa shape index (κ2) is 7.00. The van der Waals surface area contributed by atoms with Gasteiger partial charge in [0.05, 0.1) is 11.6 Å². The summed E-state index contributed by atoms with van der Waals surface area (Å²) in [6.07, 6.45) is 0. The van der Waals surface area contributed by atoms with Crippen molar-refractivity contribution in [3.05, 3.63) is 72.0 Å². The second-order valence-electron chi connectivity index (χ2n) is 5.42. The number of esters is 1. The molecule has 3 aromatic rings. The van der Waals surface area contributed by atoms with Crippen LogP contribution in [0.3, 0.4) is 0 Å². The molecule has 0 aliphatic heterocycles. The summed E-state index contributed by atoms with van der Waals surface area (Å²) in [6, 6.07) is 17.7. The number of furan rings is 1. The molecule has 2 aromatic carbocycles. The molecule has 24 heavy (non-hydrogen) atoms. The summed E-state index contributed by atoms with van der Waals surface area (Å²) in [4.78, 5) is 23.7. The van der Waals surface area contributed by atoms with E-state index >= 15 is 0 Å². The molecule has 1 heterocycles. The highest BCUT2D eigenvalue weighted by molar-refractivity contribution is 5.91. The van der Waals surface area contributed by atoms with Crippen molar-refractivity contribution in [2.45, 2.75) is 13.0 Å². The molecule has 0 aliphatic carbocycles. The van der Waals surface area contributed by atoms with E-state index in [0.717, 1.165) is 11.0 Å². The zero-order chi connectivity index (χ0) is 16.9. The van der Waals surface area contributed by atoms with E-state index in [2.05, 4.69) is 5.32 Å². The predicted molar refractivity (Wildman–Crippen MR) is 89.5 cm³/mol. The van der Waals surface area contributed by atoms with Crippen LogP contribution >= 0.6 is 0 Å². The van der Waals surface area contributed by atoms with Crippen molar-refractivity contribution in [1.82, 2.24) is 5.32 Å². The Morgan fingerprint density at radius 3 is 2.54 bits per heavy atom. The molecule has 0 aliphatic rings. The van der Waals surface area contributed by atoms with Crippen molar-refractivity contribution in [3.63, 3.8) is 0 Å². The first-order valence-corrected chi connectivity index (χ1v) is 7.63. The van der Waals surface area contributed by atoms with Gasteiger partial charge in [-0.1, -0.05) is 36.4 Å². The number of carbonyl (C=O) groups is 2. The normalized spacial score (nSPS) is 11.9. The summed E-state index contributed by atoms with van der Waals surface area (Å²) in [5.41, 5.74) is 1.18. The third kappa shape index (κ3) is 3.63. The van der Waals surface area contributed by atoms with Gasteiger partial charge in [0.1, 0.15) is 11.3 Å². The fourth-order valence-electron chi connectivity index (χ4n) is 2.36. The summed E-state index contributed by atoms with van der Waals surface area (Å²) in [6.45, 7) is 1.48. The molecule has 0 radical (unpaired) electrons. The minimum Gasteiger partial charge on any atom is -0.459 e. The molecule has 5 nitrogen and oxygen atoms in total. The maximum Gasteiger partial charge on any atom is 0.338 e. The Kier molecular flexibility index (Phi) is 4.61. The summed E-state index contributed by atoms with van der Waals surface area (Å²) in [5, 5.41) is 3.73. The summed E-state index contributed by atoms with van der Waals surface area (Å²) < 4.78 is 10.7. The molecule has 0 saturated heterocycles. The number of benzene rings is 2. The number of carbonyl (C=O) groups excluding carboxylic acids is 2. The number of ether oxygens (including phenoxy) is 1. The Balaban J connectivity index is 1.55. The topological polar surface area (TPSA) is 68.5 Å². The van der Waals surface area contributed by atoms with Gasteiger partial charge in [0.2, 0.25) is 0 Å². The molecule has 0 bridgehead atoms. The van der Waals surface area contributed by atoms with Crippen LogP contribution in [0.25, 0.3) is 11.0 Å². The number of hydrogen-bond acceptors (Lipinski definition) is 4. The van der Waals surface area contributed by atoms with Gasteiger partial charge in [-0.2, -0.15) is 0 Å². The summed E-state index contributed by atoms with van der Waals surface area (Å²) in [5.74, 6) is -0.256. The zero-order valence-electron chi connectivity index (χ0n) is 13.2.